The summed E-state index contributed by atoms with van der Waals surface area (Å²) in [6.07, 6.45) is 4.06. The second-order valence-corrected chi connectivity index (χ2v) is 6.46. The van der Waals surface area contributed by atoms with E-state index < -0.39 is 0 Å². The lowest BCUT2D eigenvalue weighted by molar-refractivity contribution is 0.313. The standard InChI is InChI=1S/C15H23N3O2S/c16-15(18-19)12-4-6-13(7-5-12)20-9-8-17-11-14-3-1-2-10-21-14/h4-7,14,17,19H,1-3,8-11H2,(H2,16,18). The minimum atomic E-state index is 0.105. The lowest BCUT2D eigenvalue weighted by Gasteiger charge is -2.21. The SMILES string of the molecule is N/C(=N/O)c1ccc(OCCNCC2CCCCS2)cc1. The fraction of sp³-hybridized carbons (Fsp3) is 0.533. The van der Waals surface area contributed by atoms with Crippen LogP contribution in [0.5, 0.6) is 5.75 Å². The first-order valence-corrected chi connectivity index (χ1v) is 8.37. The van der Waals surface area contributed by atoms with E-state index in [1.165, 1.54) is 25.0 Å². The third kappa shape index (κ3) is 5.47. The summed E-state index contributed by atoms with van der Waals surface area (Å²) in [7, 11) is 0. The zero-order chi connectivity index (χ0) is 14.9. The van der Waals surface area contributed by atoms with Crippen LogP contribution in [0.2, 0.25) is 0 Å². The Morgan fingerprint density at radius 3 is 2.86 bits per heavy atom. The minimum Gasteiger partial charge on any atom is -0.492 e. The third-order valence-electron chi connectivity index (χ3n) is 3.45. The van der Waals surface area contributed by atoms with Gasteiger partial charge in [0, 0.05) is 23.9 Å². The molecule has 1 aromatic rings. The van der Waals surface area contributed by atoms with Crippen LogP contribution >= 0.6 is 11.8 Å². The largest absolute Gasteiger partial charge is 0.492 e. The molecule has 0 aromatic heterocycles. The Balaban J connectivity index is 1.62. The molecule has 2 rings (SSSR count). The van der Waals surface area contributed by atoms with E-state index in [-0.39, 0.29) is 5.84 Å². The van der Waals surface area contributed by atoms with Crippen LogP contribution in [0.4, 0.5) is 0 Å². The summed E-state index contributed by atoms with van der Waals surface area (Å²) in [5, 5.41) is 15.8. The molecule has 5 nitrogen and oxygen atoms in total. The number of nitrogens with one attached hydrogen (secondary N) is 1. The van der Waals surface area contributed by atoms with E-state index in [4.69, 9.17) is 15.7 Å². The van der Waals surface area contributed by atoms with Gasteiger partial charge in [-0.2, -0.15) is 11.8 Å². The van der Waals surface area contributed by atoms with Gasteiger partial charge < -0.3 is 21.0 Å². The van der Waals surface area contributed by atoms with Gasteiger partial charge in [0.1, 0.15) is 12.4 Å². The Kier molecular flexibility index (Phi) is 6.69. The predicted octanol–water partition coefficient (Wildman–Crippen LogP) is 2.04. The number of oxime groups is 1. The molecule has 116 valence electrons. The highest BCUT2D eigenvalue weighted by Gasteiger charge is 2.12. The Hall–Kier alpha value is -1.40. The van der Waals surface area contributed by atoms with Crippen LogP contribution in [0.15, 0.2) is 29.4 Å². The summed E-state index contributed by atoms with van der Waals surface area (Å²) >= 11 is 2.08. The zero-order valence-corrected chi connectivity index (χ0v) is 12.9. The number of rotatable bonds is 7. The normalized spacial score (nSPS) is 19.4. The van der Waals surface area contributed by atoms with Crippen LogP contribution in [0.3, 0.4) is 0 Å². The molecule has 1 fully saturated rings. The Labute approximate surface area is 129 Å². The maximum Gasteiger partial charge on any atom is 0.170 e. The van der Waals surface area contributed by atoms with Gasteiger partial charge in [0.15, 0.2) is 5.84 Å². The van der Waals surface area contributed by atoms with Crippen molar-refractivity contribution in [1.29, 1.82) is 0 Å². The van der Waals surface area contributed by atoms with Gasteiger partial charge in [-0.1, -0.05) is 11.6 Å². The van der Waals surface area contributed by atoms with Crippen LogP contribution in [-0.4, -0.2) is 41.7 Å². The Morgan fingerprint density at radius 1 is 1.38 bits per heavy atom. The minimum absolute atomic E-state index is 0.105. The van der Waals surface area contributed by atoms with Crippen molar-refractivity contribution < 1.29 is 9.94 Å². The maximum absolute atomic E-state index is 8.59. The average molecular weight is 309 g/mol. The van der Waals surface area contributed by atoms with Crippen molar-refractivity contribution in [2.75, 3.05) is 25.4 Å². The number of hydrogen-bond donors (Lipinski definition) is 3. The van der Waals surface area contributed by atoms with E-state index in [2.05, 4.69) is 22.2 Å². The molecule has 1 heterocycles. The van der Waals surface area contributed by atoms with Crippen molar-refractivity contribution >= 4 is 17.6 Å². The van der Waals surface area contributed by atoms with Crippen LogP contribution in [0.25, 0.3) is 0 Å². The van der Waals surface area contributed by atoms with Crippen molar-refractivity contribution in [3.63, 3.8) is 0 Å². The van der Waals surface area contributed by atoms with E-state index in [0.29, 0.717) is 12.2 Å². The first-order valence-electron chi connectivity index (χ1n) is 7.32. The highest BCUT2D eigenvalue weighted by molar-refractivity contribution is 7.99. The quantitative estimate of drug-likeness (QED) is 0.236. The highest BCUT2D eigenvalue weighted by Crippen LogP contribution is 2.24. The topological polar surface area (TPSA) is 79.9 Å². The van der Waals surface area contributed by atoms with Gasteiger partial charge in [-0.3, -0.25) is 0 Å². The number of benzene rings is 1. The fourth-order valence-corrected chi connectivity index (χ4v) is 3.53. The van der Waals surface area contributed by atoms with Crippen molar-refractivity contribution in [2.45, 2.75) is 24.5 Å². The van der Waals surface area contributed by atoms with Crippen molar-refractivity contribution in [1.82, 2.24) is 5.32 Å². The zero-order valence-electron chi connectivity index (χ0n) is 12.1. The number of nitrogens with two attached hydrogens (primary N) is 1. The molecule has 21 heavy (non-hydrogen) atoms. The first kappa shape index (κ1) is 16.0. The summed E-state index contributed by atoms with van der Waals surface area (Å²) in [6.45, 7) is 2.55. The average Bonchev–Trinajstić information content (AvgIpc) is 2.55. The molecule has 0 aliphatic carbocycles. The van der Waals surface area contributed by atoms with E-state index in [0.717, 1.165) is 24.1 Å². The van der Waals surface area contributed by atoms with Crippen LogP contribution in [-0.2, 0) is 0 Å². The molecule has 1 atom stereocenters. The molecule has 1 aromatic carbocycles. The number of amidine groups is 1. The molecule has 0 saturated carbocycles. The highest BCUT2D eigenvalue weighted by atomic mass is 32.2. The molecule has 6 heteroatoms. The number of ether oxygens (including phenoxy) is 1. The van der Waals surface area contributed by atoms with E-state index in [1.54, 1.807) is 12.1 Å². The number of nitrogens with zero attached hydrogens (tertiary/aromatic N) is 1. The van der Waals surface area contributed by atoms with E-state index in [9.17, 15) is 0 Å². The van der Waals surface area contributed by atoms with Gasteiger partial charge >= 0.3 is 0 Å². The molecule has 0 spiro atoms. The molecule has 0 bridgehead atoms. The van der Waals surface area contributed by atoms with Gasteiger partial charge in [0.05, 0.1) is 0 Å². The molecular formula is C15H23N3O2S. The van der Waals surface area contributed by atoms with Crippen LogP contribution < -0.4 is 15.8 Å². The third-order valence-corrected chi connectivity index (χ3v) is 4.85. The van der Waals surface area contributed by atoms with Crippen molar-refractivity contribution in [3.8, 4) is 5.75 Å². The molecule has 0 amide bonds. The maximum atomic E-state index is 8.59. The fourth-order valence-electron chi connectivity index (χ4n) is 2.25. The molecule has 0 radical (unpaired) electrons. The molecule has 1 saturated heterocycles. The van der Waals surface area contributed by atoms with Crippen molar-refractivity contribution in [3.05, 3.63) is 29.8 Å². The number of thioether (sulfide) groups is 1. The van der Waals surface area contributed by atoms with Gasteiger partial charge in [-0.25, -0.2) is 0 Å². The first-order chi connectivity index (χ1) is 10.3. The smallest absolute Gasteiger partial charge is 0.170 e. The summed E-state index contributed by atoms with van der Waals surface area (Å²) in [5.74, 6) is 2.20. The van der Waals surface area contributed by atoms with Crippen molar-refractivity contribution in [2.24, 2.45) is 10.9 Å². The molecule has 1 unspecified atom stereocenters. The Morgan fingerprint density at radius 2 is 2.19 bits per heavy atom. The van der Waals surface area contributed by atoms with Gasteiger partial charge in [0.2, 0.25) is 0 Å². The van der Waals surface area contributed by atoms with E-state index >= 15 is 0 Å². The number of hydrogen-bond acceptors (Lipinski definition) is 5. The molecule has 1 aliphatic rings. The summed E-state index contributed by atoms with van der Waals surface area (Å²) in [5.41, 5.74) is 6.18. The summed E-state index contributed by atoms with van der Waals surface area (Å²) in [4.78, 5) is 0. The van der Waals surface area contributed by atoms with Crippen LogP contribution in [0, 0.1) is 0 Å². The van der Waals surface area contributed by atoms with Gasteiger partial charge in [-0.15, -0.1) is 0 Å². The van der Waals surface area contributed by atoms with Gasteiger partial charge in [0.25, 0.3) is 0 Å². The lowest BCUT2D eigenvalue weighted by atomic mass is 10.2. The van der Waals surface area contributed by atoms with Crippen LogP contribution in [0.1, 0.15) is 24.8 Å². The summed E-state index contributed by atoms with van der Waals surface area (Å²) < 4.78 is 5.65. The molecule has 1 aliphatic heterocycles. The molecule has 4 N–H and O–H groups in total. The monoisotopic (exact) mass is 309 g/mol. The molecular weight excluding hydrogens is 286 g/mol. The van der Waals surface area contributed by atoms with Gasteiger partial charge in [-0.05, 0) is 42.9 Å². The lowest BCUT2D eigenvalue weighted by Crippen LogP contribution is -2.30. The summed E-state index contributed by atoms with van der Waals surface area (Å²) in [6, 6.07) is 7.20. The second-order valence-electron chi connectivity index (χ2n) is 5.05. The van der Waals surface area contributed by atoms with E-state index in [1.807, 2.05) is 12.1 Å². The predicted molar refractivity (Wildman–Crippen MR) is 87.4 cm³/mol. The second kappa shape index (κ2) is 8.79. The Bertz CT molecular complexity index is 445.